The number of esters is 1. The fourth-order valence-electron chi connectivity index (χ4n) is 11.0. The van der Waals surface area contributed by atoms with E-state index >= 15 is 0 Å². The van der Waals surface area contributed by atoms with Crippen LogP contribution in [0.15, 0.2) is 36.5 Å². The first-order valence-electron chi connectivity index (χ1n) is 35.3. The predicted octanol–water partition coefficient (Wildman–Crippen LogP) is 22.7. The van der Waals surface area contributed by atoms with Crippen LogP contribution in [-0.4, -0.2) is 47.4 Å². The Kier molecular flexibility index (Phi) is 65.9. The van der Waals surface area contributed by atoms with Gasteiger partial charge in [-0.15, -0.1) is 0 Å². The molecule has 0 radical (unpaired) electrons. The minimum Gasteiger partial charge on any atom is -0.466 e. The van der Waals surface area contributed by atoms with E-state index in [1.54, 1.807) is 6.08 Å². The van der Waals surface area contributed by atoms with Crippen molar-refractivity contribution in [1.82, 2.24) is 5.32 Å². The highest BCUT2D eigenvalue weighted by Gasteiger charge is 2.18. The van der Waals surface area contributed by atoms with E-state index in [0.29, 0.717) is 19.4 Å². The van der Waals surface area contributed by atoms with Crippen molar-refractivity contribution in [2.24, 2.45) is 0 Å². The fraction of sp³-hybridized carbons (Fsp3) is 0.889. The maximum atomic E-state index is 12.5. The van der Waals surface area contributed by atoms with Gasteiger partial charge < -0.3 is 20.3 Å². The molecule has 78 heavy (non-hydrogen) atoms. The van der Waals surface area contributed by atoms with Gasteiger partial charge >= 0.3 is 5.97 Å². The van der Waals surface area contributed by atoms with Crippen LogP contribution in [0.2, 0.25) is 0 Å². The summed E-state index contributed by atoms with van der Waals surface area (Å²) in [6.07, 6.45) is 86.7. The van der Waals surface area contributed by atoms with Crippen molar-refractivity contribution < 1.29 is 24.5 Å². The van der Waals surface area contributed by atoms with Gasteiger partial charge in [0.1, 0.15) is 0 Å². The molecule has 0 aromatic rings. The highest BCUT2D eigenvalue weighted by molar-refractivity contribution is 5.76. The zero-order chi connectivity index (χ0) is 56.4. The third kappa shape index (κ3) is 63.3. The minimum atomic E-state index is -0.840. The van der Waals surface area contributed by atoms with E-state index < -0.39 is 12.1 Å². The van der Waals surface area contributed by atoms with Crippen molar-refractivity contribution in [3.63, 3.8) is 0 Å². The first kappa shape index (κ1) is 76.1. The summed E-state index contributed by atoms with van der Waals surface area (Å²) in [5, 5.41) is 23.1. The zero-order valence-electron chi connectivity index (χ0n) is 52.7. The lowest BCUT2D eigenvalue weighted by Crippen LogP contribution is -2.45. The average Bonchev–Trinajstić information content (AvgIpc) is 3.44. The standard InChI is InChI=1S/C72H137NO5/c1-3-5-7-9-11-13-15-17-18-39-42-46-50-54-58-62-66-72(77)78-67-63-59-55-51-47-43-40-37-35-33-31-29-27-25-23-21-19-20-22-24-26-28-30-32-34-36-38-41-45-49-53-57-61-65-71(76)73-69(68-74)70(75)64-60-56-52-48-44-16-14-12-10-8-6-4-2/h13,15,18,39,60,64,69-70,74-75H,3-12,14,16-17,19-38,40-59,61-63,65-68H2,1-2H3,(H,73,76)/b15-13-,39-18-,64-60+. The van der Waals surface area contributed by atoms with E-state index in [1.807, 2.05) is 6.08 Å². The van der Waals surface area contributed by atoms with E-state index in [2.05, 4.69) is 43.5 Å². The third-order valence-electron chi connectivity index (χ3n) is 16.4. The van der Waals surface area contributed by atoms with E-state index in [1.165, 1.54) is 308 Å². The van der Waals surface area contributed by atoms with Crippen LogP contribution in [0, 0.1) is 0 Å². The van der Waals surface area contributed by atoms with Gasteiger partial charge in [-0.3, -0.25) is 9.59 Å². The Morgan fingerprint density at radius 1 is 0.359 bits per heavy atom. The molecule has 0 rings (SSSR count). The summed E-state index contributed by atoms with van der Waals surface area (Å²) in [7, 11) is 0. The quantitative estimate of drug-likeness (QED) is 0.0320. The Morgan fingerprint density at radius 2 is 0.641 bits per heavy atom. The number of amides is 1. The van der Waals surface area contributed by atoms with Gasteiger partial charge in [0.15, 0.2) is 0 Å². The SMILES string of the molecule is CCCCCC/C=C\C/C=C\CCCCCCCC(=O)OCCCCCCCCCCCCCCCCCCCCCCCCCCCCCCCCCCCC(=O)NC(CO)C(O)/C=C/CCCCCCCCCCCC. The molecule has 460 valence electrons. The summed E-state index contributed by atoms with van der Waals surface area (Å²) in [4.78, 5) is 24.5. The maximum absolute atomic E-state index is 12.5. The lowest BCUT2D eigenvalue weighted by atomic mass is 10.0. The molecule has 0 saturated carbocycles. The number of allylic oxidation sites excluding steroid dienone is 5. The average molecular weight is 1100 g/mol. The Balaban J connectivity index is 3.32. The molecular formula is C72H137NO5. The summed E-state index contributed by atoms with van der Waals surface area (Å²) in [6, 6.07) is -0.623. The molecule has 0 aliphatic carbocycles. The molecule has 0 aromatic carbocycles. The second-order valence-electron chi connectivity index (χ2n) is 24.2. The molecule has 0 bridgehead atoms. The second kappa shape index (κ2) is 67.6. The summed E-state index contributed by atoms with van der Waals surface area (Å²) >= 11 is 0. The van der Waals surface area contributed by atoms with Crippen molar-refractivity contribution in [3.8, 4) is 0 Å². The number of rotatable bonds is 66. The summed E-state index contributed by atoms with van der Waals surface area (Å²) < 4.78 is 5.49. The first-order valence-corrected chi connectivity index (χ1v) is 35.3. The van der Waals surface area contributed by atoms with Crippen molar-refractivity contribution >= 4 is 11.9 Å². The molecular weight excluding hydrogens is 959 g/mol. The lowest BCUT2D eigenvalue weighted by Gasteiger charge is -2.20. The topological polar surface area (TPSA) is 95.9 Å². The van der Waals surface area contributed by atoms with Gasteiger partial charge in [0, 0.05) is 12.8 Å². The largest absolute Gasteiger partial charge is 0.466 e. The van der Waals surface area contributed by atoms with Crippen LogP contribution in [0.3, 0.4) is 0 Å². The van der Waals surface area contributed by atoms with E-state index in [0.717, 1.165) is 51.4 Å². The van der Waals surface area contributed by atoms with E-state index in [9.17, 15) is 19.8 Å². The van der Waals surface area contributed by atoms with Crippen molar-refractivity contribution in [2.45, 2.75) is 398 Å². The minimum absolute atomic E-state index is 0.00817. The van der Waals surface area contributed by atoms with Crippen LogP contribution < -0.4 is 5.32 Å². The summed E-state index contributed by atoms with van der Waals surface area (Å²) in [6.45, 7) is 4.90. The molecule has 1 amide bonds. The molecule has 0 aliphatic heterocycles. The van der Waals surface area contributed by atoms with Gasteiger partial charge in [-0.25, -0.2) is 0 Å². The number of aliphatic hydroxyl groups is 2. The summed E-state index contributed by atoms with van der Waals surface area (Å²) in [5.74, 6) is -0.0543. The number of hydrogen-bond donors (Lipinski definition) is 3. The zero-order valence-corrected chi connectivity index (χ0v) is 52.7. The number of ether oxygens (including phenoxy) is 1. The van der Waals surface area contributed by atoms with Crippen molar-refractivity contribution in [2.75, 3.05) is 13.2 Å². The molecule has 6 nitrogen and oxygen atoms in total. The highest BCUT2D eigenvalue weighted by Crippen LogP contribution is 2.19. The van der Waals surface area contributed by atoms with Gasteiger partial charge in [-0.1, -0.05) is 346 Å². The normalized spacial score (nSPS) is 12.7. The third-order valence-corrected chi connectivity index (χ3v) is 16.4. The van der Waals surface area contributed by atoms with E-state index in [-0.39, 0.29) is 18.5 Å². The second-order valence-corrected chi connectivity index (χ2v) is 24.2. The molecule has 3 N–H and O–H groups in total. The Morgan fingerprint density at radius 3 is 0.987 bits per heavy atom. The molecule has 0 fully saturated rings. The molecule has 6 heteroatoms. The van der Waals surface area contributed by atoms with Gasteiger partial charge in [0.2, 0.25) is 5.91 Å². The molecule has 0 heterocycles. The molecule has 2 unspecified atom stereocenters. The van der Waals surface area contributed by atoms with Crippen LogP contribution in [0.25, 0.3) is 0 Å². The fourth-order valence-corrected chi connectivity index (χ4v) is 11.0. The number of unbranched alkanes of at least 4 members (excludes halogenated alkanes) is 51. The lowest BCUT2D eigenvalue weighted by molar-refractivity contribution is -0.143. The number of hydrogen-bond acceptors (Lipinski definition) is 5. The van der Waals surface area contributed by atoms with Crippen LogP contribution in [-0.2, 0) is 14.3 Å². The van der Waals surface area contributed by atoms with Gasteiger partial charge in [0.05, 0.1) is 25.4 Å². The van der Waals surface area contributed by atoms with Crippen LogP contribution in [0.4, 0.5) is 0 Å². The van der Waals surface area contributed by atoms with Crippen molar-refractivity contribution in [1.29, 1.82) is 0 Å². The van der Waals surface area contributed by atoms with Gasteiger partial charge in [-0.05, 0) is 64.2 Å². The van der Waals surface area contributed by atoms with Crippen molar-refractivity contribution in [3.05, 3.63) is 36.5 Å². The Labute approximate surface area is 487 Å². The molecule has 2 atom stereocenters. The number of aliphatic hydroxyl groups excluding tert-OH is 2. The van der Waals surface area contributed by atoms with Crippen LogP contribution >= 0.6 is 0 Å². The van der Waals surface area contributed by atoms with Crippen LogP contribution in [0.1, 0.15) is 386 Å². The Bertz CT molecular complexity index is 1260. The maximum Gasteiger partial charge on any atom is 0.305 e. The molecule has 0 aromatic heterocycles. The smallest absolute Gasteiger partial charge is 0.305 e. The van der Waals surface area contributed by atoms with E-state index in [4.69, 9.17) is 4.74 Å². The van der Waals surface area contributed by atoms with Crippen LogP contribution in [0.5, 0.6) is 0 Å². The van der Waals surface area contributed by atoms with Gasteiger partial charge in [0.25, 0.3) is 0 Å². The number of nitrogens with one attached hydrogen (secondary N) is 1. The Hall–Kier alpha value is -1.92. The molecule has 0 saturated heterocycles. The predicted molar refractivity (Wildman–Crippen MR) is 343 cm³/mol. The molecule has 0 aliphatic rings. The first-order chi connectivity index (χ1) is 38.5. The van der Waals surface area contributed by atoms with Gasteiger partial charge in [-0.2, -0.15) is 0 Å². The summed E-state index contributed by atoms with van der Waals surface area (Å²) in [5.41, 5.74) is 0. The number of carbonyl (C=O) groups excluding carboxylic acids is 2. The number of carbonyl (C=O) groups is 2. The molecule has 0 spiro atoms. The highest BCUT2D eigenvalue weighted by atomic mass is 16.5. The monoisotopic (exact) mass is 1100 g/mol.